The largest absolute Gasteiger partial charge is 1.00 e. The quantitative estimate of drug-likeness (QED) is 0.353. The molecule has 0 bridgehead atoms. The second-order valence-electron chi connectivity index (χ2n) is 12.5. The Morgan fingerprint density at radius 2 is 0.821 bits per heavy atom. The van der Waals surface area contributed by atoms with Gasteiger partial charge >= 0.3 is 190 Å². The molecule has 6 heteroatoms. The maximum absolute atomic E-state index is 2.69. The minimum absolute atomic E-state index is 0. The first-order valence-corrected chi connectivity index (χ1v) is 28.8. The third-order valence-corrected chi connectivity index (χ3v) is 25.5. The number of hydrogen-bond donors (Lipinski definition) is 0. The van der Waals surface area contributed by atoms with Gasteiger partial charge in [-0.1, -0.05) is 0 Å². The number of hydrogen-bond acceptors (Lipinski definition) is 0. The fourth-order valence-corrected chi connectivity index (χ4v) is 37.1. The van der Waals surface area contributed by atoms with Crippen molar-refractivity contribution in [2.24, 2.45) is 0 Å². The van der Waals surface area contributed by atoms with Gasteiger partial charge in [0.25, 0.3) is 0 Å². The van der Waals surface area contributed by atoms with Crippen molar-refractivity contribution in [2.45, 2.75) is 91.4 Å². The van der Waals surface area contributed by atoms with Crippen LogP contribution in [0.3, 0.4) is 0 Å². The van der Waals surface area contributed by atoms with Crippen LogP contribution in [0.1, 0.15) is 12.8 Å². The van der Waals surface area contributed by atoms with Crippen LogP contribution in [0.5, 0.6) is 0 Å². The summed E-state index contributed by atoms with van der Waals surface area (Å²) in [6.07, 6.45) is 7.97. The van der Waals surface area contributed by atoms with Gasteiger partial charge in [-0.3, -0.25) is 0 Å². The van der Waals surface area contributed by atoms with E-state index in [2.05, 4.69) is 90.7 Å². The first-order valence-electron chi connectivity index (χ1n) is 10.6. The van der Waals surface area contributed by atoms with Gasteiger partial charge in [-0.15, -0.1) is 0 Å². The van der Waals surface area contributed by atoms with Crippen molar-refractivity contribution in [1.82, 2.24) is 0 Å². The van der Waals surface area contributed by atoms with Crippen LogP contribution in [0.25, 0.3) is 0 Å². The first-order chi connectivity index (χ1) is 11.9. The smallest absolute Gasteiger partial charge is 1.00 e. The Bertz CT molecular complexity index is 681. The summed E-state index contributed by atoms with van der Waals surface area (Å²) >= 11 is -1.21. The molecule has 2 rings (SSSR count). The van der Waals surface area contributed by atoms with Crippen molar-refractivity contribution in [3.8, 4) is 0 Å². The van der Waals surface area contributed by atoms with Crippen LogP contribution in [0.4, 0.5) is 0 Å². The van der Waals surface area contributed by atoms with E-state index >= 15 is 0 Å². The monoisotopic (exact) mass is 691 g/mol. The van der Waals surface area contributed by atoms with Gasteiger partial charge in [0, 0.05) is 0 Å². The van der Waals surface area contributed by atoms with Gasteiger partial charge in [0.15, 0.2) is 0 Å². The van der Waals surface area contributed by atoms with E-state index in [0.717, 1.165) is 0 Å². The van der Waals surface area contributed by atoms with Gasteiger partial charge in [0.2, 0.25) is 0 Å². The summed E-state index contributed by atoms with van der Waals surface area (Å²) in [5, 5.41) is 7.64. The third-order valence-electron chi connectivity index (χ3n) is 5.84. The van der Waals surface area contributed by atoms with Crippen LogP contribution < -0.4 is 12.4 Å². The van der Waals surface area contributed by atoms with E-state index < -0.39 is 60.0 Å². The summed E-state index contributed by atoms with van der Waals surface area (Å²) in [4.78, 5) is 0. The summed E-state index contributed by atoms with van der Waals surface area (Å²) in [6.45, 7) is 31.0. The molecule has 28 heavy (non-hydrogen) atoms. The average molecular weight is 692 g/mol. The molecule has 0 radical (unpaired) electrons. The van der Waals surface area contributed by atoms with Crippen LogP contribution in [0.2, 0.25) is 78.6 Å². The van der Waals surface area contributed by atoms with Gasteiger partial charge in [0.1, 0.15) is 0 Å². The Labute approximate surface area is 200 Å². The predicted molar refractivity (Wildman–Crippen MR) is 133 cm³/mol. The maximum Gasteiger partial charge on any atom is -1.00 e. The maximum atomic E-state index is 2.69. The summed E-state index contributed by atoms with van der Waals surface area (Å²) in [6, 6.07) is 0. The van der Waals surface area contributed by atoms with E-state index in [-0.39, 0.29) is 12.4 Å². The van der Waals surface area contributed by atoms with Crippen molar-refractivity contribution >= 4 is 32.3 Å². The molecular formula is C22H42ClSi4U. The molecule has 0 aromatic rings. The van der Waals surface area contributed by atoms with Crippen molar-refractivity contribution in [3.63, 3.8) is 0 Å². The molecule has 157 valence electrons. The second-order valence-corrected chi connectivity index (χ2v) is 38.0. The Morgan fingerprint density at radius 1 is 0.536 bits per heavy atom. The molecule has 0 unspecified atom stereocenters. The van der Waals surface area contributed by atoms with E-state index in [4.69, 9.17) is 0 Å². The van der Waals surface area contributed by atoms with Crippen molar-refractivity contribution in [2.75, 3.05) is 0 Å². The zero-order valence-electron chi connectivity index (χ0n) is 20.4. The third kappa shape index (κ3) is 6.11. The summed E-state index contributed by atoms with van der Waals surface area (Å²) < 4.78 is 4.01. The Kier molecular flexibility index (Phi) is 8.71. The van der Waals surface area contributed by atoms with E-state index in [1.807, 2.05) is 26.0 Å². The minimum atomic E-state index is -1.26. The number of allylic oxidation sites excluding steroid dienone is 8. The van der Waals surface area contributed by atoms with Gasteiger partial charge in [-0.05, 0) is 0 Å². The molecule has 0 heterocycles. The zero-order valence-corrected chi connectivity index (χ0v) is 29.4. The molecular weight excluding hydrogens is 650 g/mol. The molecule has 0 N–H and O–H groups in total. The summed E-state index contributed by atoms with van der Waals surface area (Å²) in [7, 11) is -4.98. The molecule has 2 aliphatic rings. The van der Waals surface area contributed by atoms with Crippen molar-refractivity contribution < 1.29 is 40.1 Å². The Balaban J connectivity index is 0.00000392. The van der Waals surface area contributed by atoms with Crippen LogP contribution in [-0.4, -0.2) is 32.3 Å². The standard InChI is InChI=1S/2C11H21Si2.ClH.U/c2*1-12(2,3)10-7-8-11(9-10)13(4,5)6;;/h2*7H,8H2,1-6H3;1H;/q;;;+1/p-1. The molecule has 0 aromatic carbocycles. The molecule has 0 atom stereocenters. The fourth-order valence-electron chi connectivity index (χ4n) is 4.28. The molecule has 0 amide bonds. The first kappa shape index (κ1) is 27.2. The Hall–Kier alpha value is 1.17. The van der Waals surface area contributed by atoms with Crippen molar-refractivity contribution in [3.05, 3.63) is 38.2 Å². The van der Waals surface area contributed by atoms with Crippen LogP contribution in [-0.2, 0) is 0 Å². The van der Waals surface area contributed by atoms with Gasteiger partial charge in [-0.2, -0.15) is 0 Å². The molecule has 0 aromatic heterocycles. The summed E-state index contributed by atoms with van der Waals surface area (Å²) in [5.74, 6) is 0. The zero-order chi connectivity index (χ0) is 21.0. The van der Waals surface area contributed by atoms with Crippen LogP contribution in [0, 0.1) is 27.7 Å². The molecule has 0 aliphatic heterocycles. The average Bonchev–Trinajstić information content (AvgIpc) is 2.99. The van der Waals surface area contributed by atoms with Gasteiger partial charge in [0.05, 0.1) is 0 Å². The number of halogens is 1. The minimum Gasteiger partial charge on any atom is -1.00 e. The van der Waals surface area contributed by atoms with E-state index in [1.165, 1.54) is 12.8 Å². The van der Waals surface area contributed by atoms with Crippen molar-refractivity contribution in [1.29, 1.82) is 0 Å². The van der Waals surface area contributed by atoms with E-state index in [9.17, 15) is 0 Å². The molecule has 2 aliphatic carbocycles. The number of rotatable bonds is 6. The topological polar surface area (TPSA) is 0 Å². The molecule has 0 fully saturated rings. The SMILES string of the molecule is C[Si](C)(C)C1=CCC([Si](C)(C)C)=[C]1[U+][C]1=C([Si](C)(C)C)CC=C1[Si](C)(C)C.[Cl-]. The van der Waals surface area contributed by atoms with Gasteiger partial charge < -0.3 is 12.4 Å². The predicted octanol–water partition coefficient (Wildman–Crippen LogP) is 4.75. The summed E-state index contributed by atoms with van der Waals surface area (Å²) in [5.41, 5.74) is 0. The molecule has 0 saturated carbocycles. The molecule has 0 spiro atoms. The molecule has 0 saturated heterocycles. The van der Waals surface area contributed by atoms with Crippen LogP contribution >= 0.6 is 0 Å². The van der Waals surface area contributed by atoms with E-state index in [1.54, 1.807) is 0 Å². The van der Waals surface area contributed by atoms with E-state index in [0.29, 0.717) is 0 Å². The van der Waals surface area contributed by atoms with Gasteiger partial charge in [-0.25, -0.2) is 0 Å². The second kappa shape index (κ2) is 8.96. The molecule has 0 nitrogen and oxygen atoms in total. The fraction of sp³-hybridized carbons (Fsp3) is 0.636. The normalized spacial score (nSPS) is 18.9. The Morgan fingerprint density at radius 3 is 1.04 bits per heavy atom. The van der Waals surface area contributed by atoms with Crippen LogP contribution in [0.15, 0.2) is 38.2 Å².